The van der Waals surface area contributed by atoms with E-state index in [4.69, 9.17) is 0 Å². The third kappa shape index (κ3) is 15.9. The number of quaternary nitrogens is 1. The number of allylic oxidation sites excluding steroid dienone is 3. The van der Waals surface area contributed by atoms with Crippen molar-refractivity contribution in [3.63, 3.8) is 0 Å². The molecule has 0 atom stereocenters. The molecule has 0 aliphatic carbocycles. The number of nitrogens with zero attached hydrogens (tertiary/aromatic N) is 1. The lowest BCUT2D eigenvalue weighted by Gasteiger charge is -2.37. The predicted molar refractivity (Wildman–Crippen MR) is 125 cm³/mol. The van der Waals surface area contributed by atoms with Crippen molar-refractivity contribution in [2.24, 2.45) is 0 Å². The van der Waals surface area contributed by atoms with Crippen LogP contribution in [-0.4, -0.2) is 30.7 Å². The summed E-state index contributed by atoms with van der Waals surface area (Å²) < 4.78 is 1.27. The molecular formula is C26H50N+. The average Bonchev–Trinajstić information content (AvgIpc) is 2.69. The summed E-state index contributed by atoms with van der Waals surface area (Å²) in [6, 6.07) is 0. The summed E-state index contributed by atoms with van der Waals surface area (Å²) in [6.45, 7) is 14.4. The monoisotopic (exact) mass is 376 g/mol. The zero-order chi connectivity index (χ0) is 20.1. The first kappa shape index (κ1) is 26.2. The molecule has 1 heteroatoms. The first-order chi connectivity index (χ1) is 13.2. The molecule has 27 heavy (non-hydrogen) atoms. The first-order valence-corrected chi connectivity index (χ1v) is 12.0. The highest BCUT2D eigenvalue weighted by molar-refractivity contribution is 4.84. The zero-order valence-electron chi connectivity index (χ0n) is 19.2. The minimum Gasteiger partial charge on any atom is -0.323 e. The largest absolute Gasteiger partial charge is 0.323 e. The number of unbranched alkanes of at least 4 members (excludes halogenated alkanes) is 6. The van der Waals surface area contributed by atoms with Gasteiger partial charge in [0.25, 0.3) is 0 Å². The summed E-state index contributed by atoms with van der Waals surface area (Å²) in [5.41, 5.74) is 0. The van der Waals surface area contributed by atoms with Crippen LogP contribution in [0.3, 0.4) is 0 Å². The molecule has 1 nitrogen and oxygen atoms in total. The van der Waals surface area contributed by atoms with Gasteiger partial charge in [-0.05, 0) is 26.2 Å². The molecule has 0 fully saturated rings. The van der Waals surface area contributed by atoms with Crippen LogP contribution in [0.4, 0.5) is 0 Å². The van der Waals surface area contributed by atoms with Gasteiger partial charge in [-0.25, -0.2) is 0 Å². The van der Waals surface area contributed by atoms with E-state index in [2.05, 4.69) is 64.2 Å². The van der Waals surface area contributed by atoms with Crippen molar-refractivity contribution < 1.29 is 4.48 Å². The fraction of sp³-hybridized carbons (Fsp3) is 0.769. The van der Waals surface area contributed by atoms with Gasteiger partial charge in [0.1, 0.15) is 0 Å². The van der Waals surface area contributed by atoms with Crippen LogP contribution in [0.2, 0.25) is 0 Å². The molecule has 0 bridgehead atoms. The smallest absolute Gasteiger partial charge is 0.0821 e. The van der Waals surface area contributed by atoms with Crippen molar-refractivity contribution in [1.29, 1.82) is 0 Å². The van der Waals surface area contributed by atoms with Crippen molar-refractivity contribution in [2.75, 3.05) is 26.2 Å². The Kier molecular flexibility index (Phi) is 19.3. The Morgan fingerprint density at radius 2 is 0.741 bits per heavy atom. The van der Waals surface area contributed by atoms with Crippen LogP contribution in [0, 0.1) is 0 Å². The summed E-state index contributed by atoms with van der Waals surface area (Å²) in [7, 11) is 0. The van der Waals surface area contributed by atoms with Gasteiger partial charge in [-0.15, -0.1) is 0 Å². The van der Waals surface area contributed by atoms with Crippen LogP contribution in [0.25, 0.3) is 0 Å². The van der Waals surface area contributed by atoms with E-state index in [1.165, 1.54) is 108 Å². The Morgan fingerprint density at radius 1 is 0.444 bits per heavy atom. The van der Waals surface area contributed by atoms with E-state index in [1.807, 2.05) is 0 Å². The van der Waals surface area contributed by atoms with Crippen LogP contribution in [0.15, 0.2) is 36.5 Å². The minimum atomic E-state index is 1.23. The molecular weight excluding hydrogens is 326 g/mol. The maximum absolute atomic E-state index is 2.44. The highest BCUT2D eigenvalue weighted by Crippen LogP contribution is 2.14. The van der Waals surface area contributed by atoms with E-state index in [0.29, 0.717) is 0 Å². The van der Waals surface area contributed by atoms with E-state index >= 15 is 0 Å². The lowest BCUT2D eigenvalue weighted by molar-refractivity contribution is -0.925. The lowest BCUT2D eigenvalue weighted by Crippen LogP contribution is -2.49. The van der Waals surface area contributed by atoms with E-state index in [0.717, 1.165) is 0 Å². The standard InChI is InChI=1S/C26H50N/c1-5-9-12-15-18-21-24-27(8-4,25-22-19-16-13-10-6-2)26-23-20-17-14-11-7-3/h15-20H,5-14,21-26H2,1-4H3/q+1/b18-15+,19-16+,20-17+. The molecule has 0 N–H and O–H groups in total. The van der Waals surface area contributed by atoms with Gasteiger partial charge >= 0.3 is 0 Å². The molecule has 0 aromatic rings. The van der Waals surface area contributed by atoms with Gasteiger partial charge in [-0.1, -0.05) is 95.8 Å². The van der Waals surface area contributed by atoms with Crippen LogP contribution in [0.1, 0.15) is 105 Å². The second-order valence-corrected chi connectivity index (χ2v) is 8.04. The van der Waals surface area contributed by atoms with Crippen LogP contribution >= 0.6 is 0 Å². The molecule has 0 spiro atoms. The molecule has 0 aromatic heterocycles. The summed E-state index contributed by atoms with van der Waals surface area (Å²) in [5.74, 6) is 0. The van der Waals surface area contributed by atoms with Crippen molar-refractivity contribution in [3.05, 3.63) is 36.5 Å². The molecule has 0 amide bonds. The Hall–Kier alpha value is -0.820. The Labute approximate surface area is 172 Å². The third-order valence-electron chi connectivity index (χ3n) is 5.65. The molecule has 0 saturated carbocycles. The number of rotatable bonds is 19. The van der Waals surface area contributed by atoms with Crippen molar-refractivity contribution >= 4 is 0 Å². The average molecular weight is 377 g/mol. The molecule has 0 rings (SSSR count). The van der Waals surface area contributed by atoms with E-state index in [9.17, 15) is 0 Å². The van der Waals surface area contributed by atoms with Crippen molar-refractivity contribution in [1.82, 2.24) is 0 Å². The zero-order valence-corrected chi connectivity index (χ0v) is 19.2. The van der Waals surface area contributed by atoms with Crippen molar-refractivity contribution in [2.45, 2.75) is 105 Å². The highest BCUT2D eigenvalue weighted by Gasteiger charge is 2.22. The summed E-state index contributed by atoms with van der Waals surface area (Å²) >= 11 is 0. The van der Waals surface area contributed by atoms with Gasteiger partial charge < -0.3 is 4.48 Å². The van der Waals surface area contributed by atoms with E-state index in [1.54, 1.807) is 0 Å². The van der Waals surface area contributed by atoms with E-state index in [-0.39, 0.29) is 0 Å². The molecule has 0 aromatic carbocycles. The Bertz CT molecular complexity index is 323. The lowest BCUT2D eigenvalue weighted by atomic mass is 10.1. The predicted octanol–water partition coefficient (Wildman–Crippen LogP) is 8.23. The molecule has 0 saturated heterocycles. The topological polar surface area (TPSA) is 0 Å². The maximum Gasteiger partial charge on any atom is 0.0821 e. The van der Waals surface area contributed by atoms with Crippen LogP contribution in [0.5, 0.6) is 0 Å². The van der Waals surface area contributed by atoms with Gasteiger partial charge in [-0.3, -0.25) is 0 Å². The molecule has 0 heterocycles. The fourth-order valence-electron chi connectivity index (χ4n) is 3.53. The van der Waals surface area contributed by atoms with Crippen LogP contribution < -0.4 is 0 Å². The molecule has 158 valence electrons. The van der Waals surface area contributed by atoms with Gasteiger partial charge in [0, 0.05) is 19.3 Å². The molecule has 0 aliphatic heterocycles. The second kappa shape index (κ2) is 19.9. The summed E-state index contributed by atoms with van der Waals surface area (Å²) in [6.07, 6.45) is 29.9. The third-order valence-corrected chi connectivity index (χ3v) is 5.65. The quantitative estimate of drug-likeness (QED) is 0.121. The first-order valence-electron chi connectivity index (χ1n) is 12.0. The van der Waals surface area contributed by atoms with Gasteiger partial charge in [0.05, 0.1) is 26.2 Å². The Balaban J connectivity index is 4.54. The van der Waals surface area contributed by atoms with E-state index < -0.39 is 0 Å². The maximum atomic E-state index is 2.44. The van der Waals surface area contributed by atoms with Gasteiger partial charge in [0.15, 0.2) is 0 Å². The SMILES string of the molecule is CCCC/C=C/CC[N+](CC)(CC/C=C/CCCC)CC/C=C/CCCC. The van der Waals surface area contributed by atoms with Gasteiger partial charge in [-0.2, -0.15) is 0 Å². The number of hydrogen-bond donors (Lipinski definition) is 0. The normalized spacial score (nSPS) is 12.9. The molecule has 0 aliphatic rings. The molecule has 0 unspecified atom stereocenters. The van der Waals surface area contributed by atoms with Crippen molar-refractivity contribution in [3.8, 4) is 0 Å². The molecule has 0 radical (unpaired) electrons. The Morgan fingerprint density at radius 3 is 1.00 bits per heavy atom. The number of hydrogen-bond acceptors (Lipinski definition) is 0. The summed E-state index contributed by atoms with van der Waals surface area (Å²) in [4.78, 5) is 0. The summed E-state index contributed by atoms with van der Waals surface area (Å²) in [5, 5.41) is 0. The van der Waals surface area contributed by atoms with Gasteiger partial charge in [0.2, 0.25) is 0 Å². The second-order valence-electron chi connectivity index (χ2n) is 8.04. The fourth-order valence-corrected chi connectivity index (χ4v) is 3.53. The minimum absolute atomic E-state index is 1.23. The van der Waals surface area contributed by atoms with Crippen LogP contribution in [-0.2, 0) is 0 Å². The highest BCUT2D eigenvalue weighted by atomic mass is 15.3.